The minimum atomic E-state index is -0.533. The van der Waals surface area contributed by atoms with Gasteiger partial charge in [0.15, 0.2) is 18.1 Å². The Kier molecular flexibility index (Phi) is 8.43. The number of hydrogen-bond donors (Lipinski definition) is 1. The molecule has 8 nitrogen and oxygen atoms in total. The van der Waals surface area contributed by atoms with Gasteiger partial charge in [-0.3, -0.25) is 19.3 Å². The van der Waals surface area contributed by atoms with Gasteiger partial charge < -0.3 is 14.8 Å². The molecule has 0 bridgehead atoms. The zero-order valence-electron chi connectivity index (χ0n) is 18.1. The van der Waals surface area contributed by atoms with E-state index in [1.54, 1.807) is 30.3 Å². The Morgan fingerprint density at radius 1 is 1.24 bits per heavy atom. The first kappa shape index (κ1) is 24.5. The number of nitriles is 1. The van der Waals surface area contributed by atoms with Crippen LogP contribution in [0, 0.1) is 17.1 Å². The van der Waals surface area contributed by atoms with Crippen molar-refractivity contribution in [3.63, 3.8) is 0 Å². The molecule has 0 atom stereocenters. The molecule has 1 N–H and O–H groups in total. The van der Waals surface area contributed by atoms with Gasteiger partial charge in [-0.1, -0.05) is 24.3 Å². The van der Waals surface area contributed by atoms with Crippen LogP contribution in [0.5, 0.6) is 11.5 Å². The first-order valence-electron chi connectivity index (χ1n) is 10.1. The number of carbonyl (C=O) groups excluding carboxylic acids is 3. The first-order valence-corrected chi connectivity index (χ1v) is 10.9. The number of hydrogen-bond acceptors (Lipinski definition) is 7. The van der Waals surface area contributed by atoms with Gasteiger partial charge in [-0.2, -0.15) is 5.26 Å². The SMILES string of the molecule is COc1cc(C=CC(=O)NCCN2C(=O)SC(=Cc3ccccc3F)C2=O)ccc1OCC#N. The highest BCUT2D eigenvalue weighted by Crippen LogP contribution is 2.32. The van der Waals surface area contributed by atoms with Crippen LogP contribution in [0.1, 0.15) is 11.1 Å². The summed E-state index contributed by atoms with van der Waals surface area (Å²) in [6.07, 6.45) is 4.20. The summed E-state index contributed by atoms with van der Waals surface area (Å²) in [5, 5.41) is 10.7. The molecular weight excluding hydrogens is 461 g/mol. The fraction of sp³-hybridized carbons (Fsp3) is 0.167. The maximum Gasteiger partial charge on any atom is 0.293 e. The van der Waals surface area contributed by atoms with Crippen molar-refractivity contribution < 1.29 is 28.2 Å². The van der Waals surface area contributed by atoms with Crippen molar-refractivity contribution in [3.8, 4) is 17.6 Å². The van der Waals surface area contributed by atoms with Crippen molar-refractivity contribution in [1.82, 2.24) is 10.2 Å². The number of benzene rings is 2. The summed E-state index contributed by atoms with van der Waals surface area (Å²) < 4.78 is 24.3. The van der Waals surface area contributed by atoms with Crippen LogP contribution >= 0.6 is 11.8 Å². The molecule has 0 aliphatic carbocycles. The highest BCUT2D eigenvalue weighted by Gasteiger charge is 2.34. The Bertz CT molecular complexity index is 1210. The van der Waals surface area contributed by atoms with Crippen LogP contribution in [0.3, 0.4) is 0 Å². The molecule has 34 heavy (non-hydrogen) atoms. The Labute approximate surface area is 199 Å². The molecule has 2 aromatic carbocycles. The van der Waals surface area contributed by atoms with Crippen molar-refractivity contribution in [2.75, 3.05) is 26.8 Å². The number of ether oxygens (including phenoxy) is 2. The van der Waals surface area contributed by atoms with Gasteiger partial charge in [0, 0.05) is 24.7 Å². The molecule has 0 radical (unpaired) electrons. The summed E-state index contributed by atoms with van der Waals surface area (Å²) in [5.74, 6) is -0.616. The minimum absolute atomic E-state index is 0.0163. The lowest BCUT2D eigenvalue weighted by Crippen LogP contribution is -2.36. The molecule has 3 amide bonds. The highest BCUT2D eigenvalue weighted by molar-refractivity contribution is 8.18. The van der Waals surface area contributed by atoms with Gasteiger partial charge in [-0.05, 0) is 47.7 Å². The van der Waals surface area contributed by atoms with Crippen LogP contribution in [0.2, 0.25) is 0 Å². The Morgan fingerprint density at radius 2 is 2.03 bits per heavy atom. The number of rotatable bonds is 9. The largest absolute Gasteiger partial charge is 0.493 e. The normalized spacial score (nSPS) is 14.5. The molecule has 1 fully saturated rings. The third kappa shape index (κ3) is 6.24. The van der Waals surface area contributed by atoms with Crippen molar-refractivity contribution >= 4 is 41.0 Å². The highest BCUT2D eigenvalue weighted by atomic mass is 32.2. The maximum atomic E-state index is 13.8. The van der Waals surface area contributed by atoms with E-state index in [2.05, 4.69) is 5.32 Å². The summed E-state index contributed by atoms with van der Waals surface area (Å²) in [5.41, 5.74) is 0.883. The van der Waals surface area contributed by atoms with Crippen LogP contribution in [0.15, 0.2) is 53.4 Å². The number of imide groups is 1. The van der Waals surface area contributed by atoms with Gasteiger partial charge >= 0.3 is 0 Å². The molecule has 10 heteroatoms. The van der Waals surface area contributed by atoms with Crippen molar-refractivity contribution in [2.45, 2.75) is 0 Å². The Hall–Kier alpha value is -4.10. The third-order valence-corrected chi connectivity index (χ3v) is 5.51. The monoisotopic (exact) mass is 481 g/mol. The fourth-order valence-corrected chi connectivity index (χ4v) is 3.82. The van der Waals surface area contributed by atoms with Gasteiger partial charge in [0.1, 0.15) is 11.9 Å². The topological polar surface area (TPSA) is 109 Å². The molecule has 1 aliphatic rings. The lowest BCUT2D eigenvalue weighted by atomic mass is 10.2. The van der Waals surface area contributed by atoms with E-state index in [1.165, 1.54) is 37.5 Å². The van der Waals surface area contributed by atoms with Gasteiger partial charge in [-0.15, -0.1) is 0 Å². The summed E-state index contributed by atoms with van der Waals surface area (Å²) in [6, 6.07) is 12.8. The van der Waals surface area contributed by atoms with E-state index >= 15 is 0 Å². The number of amides is 3. The molecule has 1 aliphatic heterocycles. The zero-order valence-corrected chi connectivity index (χ0v) is 18.9. The average Bonchev–Trinajstić information content (AvgIpc) is 3.10. The number of carbonyl (C=O) groups is 3. The molecule has 0 unspecified atom stereocenters. The summed E-state index contributed by atoms with van der Waals surface area (Å²) in [6.45, 7) is -0.0784. The maximum absolute atomic E-state index is 13.8. The summed E-state index contributed by atoms with van der Waals surface area (Å²) in [7, 11) is 1.46. The standard InChI is InChI=1S/C24H20FN3O5S/c1-32-20-14-16(6-8-19(20)33-13-10-26)7-9-22(29)27-11-12-28-23(30)21(34-24(28)31)15-17-4-2-3-5-18(17)25/h2-9,14-15H,11-13H2,1H3,(H,27,29). The summed E-state index contributed by atoms with van der Waals surface area (Å²) in [4.78, 5) is 37.9. The smallest absolute Gasteiger partial charge is 0.293 e. The van der Waals surface area contributed by atoms with E-state index < -0.39 is 22.9 Å². The molecule has 0 aromatic heterocycles. The lowest BCUT2D eigenvalue weighted by molar-refractivity contribution is -0.123. The molecule has 3 rings (SSSR count). The van der Waals surface area contributed by atoms with E-state index in [4.69, 9.17) is 14.7 Å². The van der Waals surface area contributed by atoms with Crippen LogP contribution in [-0.4, -0.2) is 48.8 Å². The number of methoxy groups -OCH3 is 1. The van der Waals surface area contributed by atoms with Crippen LogP contribution in [0.25, 0.3) is 12.2 Å². The second-order valence-corrected chi connectivity index (χ2v) is 7.83. The van der Waals surface area contributed by atoms with Gasteiger partial charge in [0.25, 0.3) is 11.1 Å². The Morgan fingerprint density at radius 3 is 2.76 bits per heavy atom. The average molecular weight is 482 g/mol. The van der Waals surface area contributed by atoms with Crippen LogP contribution in [0.4, 0.5) is 9.18 Å². The lowest BCUT2D eigenvalue weighted by Gasteiger charge is -2.12. The molecule has 1 saturated heterocycles. The quantitative estimate of drug-likeness (QED) is 0.545. The molecule has 2 aromatic rings. The Balaban J connectivity index is 1.53. The number of halogens is 1. The van der Waals surface area contributed by atoms with E-state index in [1.807, 2.05) is 6.07 Å². The minimum Gasteiger partial charge on any atom is -0.493 e. The van der Waals surface area contributed by atoms with E-state index in [9.17, 15) is 18.8 Å². The molecule has 0 spiro atoms. The zero-order chi connectivity index (χ0) is 24.5. The van der Waals surface area contributed by atoms with Crippen molar-refractivity contribution in [1.29, 1.82) is 5.26 Å². The fourth-order valence-electron chi connectivity index (χ4n) is 2.97. The molecular formula is C24H20FN3O5S. The van der Waals surface area contributed by atoms with Gasteiger partial charge in [0.2, 0.25) is 5.91 Å². The number of thioether (sulfide) groups is 1. The predicted molar refractivity (Wildman–Crippen MR) is 125 cm³/mol. The third-order valence-electron chi connectivity index (χ3n) is 4.61. The van der Waals surface area contributed by atoms with Crippen molar-refractivity contribution in [3.05, 3.63) is 70.4 Å². The van der Waals surface area contributed by atoms with E-state index in [0.29, 0.717) is 17.1 Å². The molecule has 174 valence electrons. The first-order chi connectivity index (χ1) is 16.4. The summed E-state index contributed by atoms with van der Waals surface area (Å²) >= 11 is 0.726. The van der Waals surface area contributed by atoms with Gasteiger partial charge in [0.05, 0.1) is 12.0 Å². The van der Waals surface area contributed by atoms with E-state index in [-0.39, 0.29) is 30.2 Å². The van der Waals surface area contributed by atoms with Gasteiger partial charge in [-0.25, -0.2) is 4.39 Å². The molecule has 1 heterocycles. The second kappa shape index (κ2) is 11.7. The second-order valence-electron chi connectivity index (χ2n) is 6.84. The predicted octanol–water partition coefficient (Wildman–Crippen LogP) is 3.60. The number of nitrogens with one attached hydrogen (secondary N) is 1. The van der Waals surface area contributed by atoms with Crippen molar-refractivity contribution in [2.24, 2.45) is 0 Å². The molecule has 0 saturated carbocycles. The van der Waals surface area contributed by atoms with Crippen LogP contribution < -0.4 is 14.8 Å². The number of nitrogens with zero attached hydrogens (tertiary/aromatic N) is 2. The van der Waals surface area contributed by atoms with Crippen LogP contribution in [-0.2, 0) is 9.59 Å². The van der Waals surface area contributed by atoms with E-state index in [0.717, 1.165) is 16.7 Å².